The van der Waals surface area contributed by atoms with Gasteiger partial charge in [-0.15, -0.1) is 0 Å². The number of amides is 1. The third-order valence-electron chi connectivity index (χ3n) is 1.58. The fourth-order valence-electron chi connectivity index (χ4n) is 0.925. The molecule has 0 aliphatic rings. The van der Waals surface area contributed by atoms with Crippen LogP contribution in [0.4, 0.5) is 0 Å². The van der Waals surface area contributed by atoms with E-state index in [-0.39, 0.29) is 0 Å². The van der Waals surface area contributed by atoms with E-state index in [2.05, 4.69) is 10.2 Å². The van der Waals surface area contributed by atoms with E-state index in [0.717, 1.165) is 11.3 Å². The molecule has 0 aromatic carbocycles. The van der Waals surface area contributed by atoms with Crippen molar-refractivity contribution in [1.29, 1.82) is 0 Å². The molecule has 0 saturated heterocycles. The van der Waals surface area contributed by atoms with Crippen molar-refractivity contribution in [2.75, 3.05) is 7.05 Å². The van der Waals surface area contributed by atoms with Gasteiger partial charge in [0.1, 0.15) is 0 Å². The van der Waals surface area contributed by atoms with Crippen molar-refractivity contribution in [3.05, 3.63) is 17.5 Å². The van der Waals surface area contributed by atoms with Gasteiger partial charge in [0.25, 0.3) is 0 Å². The minimum absolute atomic E-state index is 0.641. The summed E-state index contributed by atoms with van der Waals surface area (Å²) in [6.07, 6.45) is 4.09. The van der Waals surface area contributed by atoms with Gasteiger partial charge in [0.2, 0.25) is 6.41 Å². The number of aromatic nitrogens is 2. The second kappa shape index (κ2) is 3.84. The molecule has 1 aromatic heterocycles. The number of carbonyl (C=O) groups excluding carboxylic acids is 1. The quantitative estimate of drug-likeness (QED) is 0.377. The zero-order valence-corrected chi connectivity index (χ0v) is 7.93. The van der Waals surface area contributed by atoms with Crippen molar-refractivity contribution in [3.63, 3.8) is 0 Å². The van der Waals surface area contributed by atoms with E-state index >= 15 is 0 Å². The highest BCUT2D eigenvalue weighted by molar-refractivity contribution is 5.80. The van der Waals surface area contributed by atoms with Gasteiger partial charge in [0, 0.05) is 25.9 Å². The normalized spacial score (nSPS) is 10.7. The van der Waals surface area contributed by atoms with Gasteiger partial charge in [-0.2, -0.15) is 10.2 Å². The molecular formula is C8H12N4O. The SMILES string of the molecule is Cc1nn(C)cc1/C=N/N(C)C=O. The molecule has 0 N–H and O–H groups in total. The number of hydrogen-bond donors (Lipinski definition) is 0. The number of hydrazone groups is 1. The van der Waals surface area contributed by atoms with Gasteiger partial charge in [-0.3, -0.25) is 9.48 Å². The van der Waals surface area contributed by atoms with Gasteiger partial charge >= 0.3 is 0 Å². The maximum absolute atomic E-state index is 10.2. The lowest BCUT2D eigenvalue weighted by Gasteiger charge is -1.98. The summed E-state index contributed by atoms with van der Waals surface area (Å²) in [5, 5.41) is 9.21. The molecule has 1 heterocycles. The van der Waals surface area contributed by atoms with Gasteiger partial charge in [-0.25, -0.2) is 5.01 Å². The Morgan fingerprint density at radius 1 is 1.69 bits per heavy atom. The van der Waals surface area contributed by atoms with Crippen molar-refractivity contribution in [2.24, 2.45) is 12.1 Å². The molecule has 0 spiro atoms. The number of hydrogen-bond acceptors (Lipinski definition) is 3. The molecule has 0 saturated carbocycles. The minimum atomic E-state index is 0.641. The third-order valence-corrected chi connectivity index (χ3v) is 1.58. The molecule has 1 amide bonds. The van der Waals surface area contributed by atoms with Gasteiger partial charge in [-0.1, -0.05) is 0 Å². The van der Waals surface area contributed by atoms with E-state index in [1.807, 2.05) is 20.2 Å². The van der Waals surface area contributed by atoms with Crippen molar-refractivity contribution >= 4 is 12.6 Å². The fraction of sp³-hybridized carbons (Fsp3) is 0.375. The summed E-state index contributed by atoms with van der Waals surface area (Å²) >= 11 is 0. The van der Waals surface area contributed by atoms with Crippen molar-refractivity contribution in [3.8, 4) is 0 Å². The number of nitrogens with zero attached hydrogens (tertiary/aromatic N) is 4. The number of rotatable bonds is 3. The maximum atomic E-state index is 10.2. The van der Waals surface area contributed by atoms with Crippen LogP contribution in [0.3, 0.4) is 0 Å². The Hall–Kier alpha value is -1.65. The van der Waals surface area contributed by atoms with Crippen LogP contribution in [0.2, 0.25) is 0 Å². The highest BCUT2D eigenvalue weighted by atomic mass is 16.1. The van der Waals surface area contributed by atoms with Gasteiger partial charge < -0.3 is 0 Å². The Labute approximate surface area is 76.7 Å². The molecule has 0 bridgehead atoms. The lowest BCUT2D eigenvalue weighted by Crippen LogP contribution is -2.07. The number of aryl methyl sites for hydroxylation is 2. The molecule has 13 heavy (non-hydrogen) atoms. The summed E-state index contributed by atoms with van der Waals surface area (Å²) in [4.78, 5) is 10.2. The molecule has 0 aliphatic carbocycles. The van der Waals surface area contributed by atoms with E-state index in [0.29, 0.717) is 6.41 Å². The summed E-state index contributed by atoms with van der Waals surface area (Å²) in [6.45, 7) is 1.89. The first kappa shape index (κ1) is 9.44. The van der Waals surface area contributed by atoms with Crippen LogP contribution in [0.15, 0.2) is 11.3 Å². The van der Waals surface area contributed by atoms with E-state index in [1.54, 1.807) is 17.9 Å². The zero-order chi connectivity index (χ0) is 9.84. The summed E-state index contributed by atoms with van der Waals surface area (Å²) in [6, 6.07) is 0. The first-order valence-electron chi connectivity index (χ1n) is 3.86. The Morgan fingerprint density at radius 3 is 2.85 bits per heavy atom. The smallest absolute Gasteiger partial charge is 0.229 e. The van der Waals surface area contributed by atoms with E-state index in [1.165, 1.54) is 5.01 Å². The van der Waals surface area contributed by atoms with Crippen LogP contribution in [-0.4, -0.2) is 34.5 Å². The van der Waals surface area contributed by atoms with E-state index in [9.17, 15) is 4.79 Å². The van der Waals surface area contributed by atoms with E-state index < -0.39 is 0 Å². The van der Waals surface area contributed by atoms with Crippen LogP contribution in [-0.2, 0) is 11.8 Å². The lowest BCUT2D eigenvalue weighted by atomic mass is 10.3. The largest absolute Gasteiger partial charge is 0.277 e. The Bertz CT molecular complexity index is 329. The molecule has 0 fully saturated rings. The molecule has 0 aliphatic heterocycles. The molecule has 5 heteroatoms. The Kier molecular flexibility index (Phi) is 2.79. The average Bonchev–Trinajstić information content (AvgIpc) is 2.41. The molecule has 70 valence electrons. The first-order valence-corrected chi connectivity index (χ1v) is 3.86. The topological polar surface area (TPSA) is 50.5 Å². The van der Waals surface area contributed by atoms with E-state index in [4.69, 9.17) is 0 Å². The third kappa shape index (κ3) is 2.40. The van der Waals surface area contributed by atoms with Crippen LogP contribution in [0.25, 0.3) is 0 Å². The summed E-state index contributed by atoms with van der Waals surface area (Å²) in [7, 11) is 3.42. The van der Waals surface area contributed by atoms with Crippen LogP contribution in [0.1, 0.15) is 11.3 Å². The highest BCUT2D eigenvalue weighted by Crippen LogP contribution is 2.00. The fourth-order valence-corrected chi connectivity index (χ4v) is 0.925. The van der Waals surface area contributed by atoms with Crippen molar-refractivity contribution in [2.45, 2.75) is 6.92 Å². The standard InChI is InChI=1S/C8H12N4O/c1-7-8(5-11(2)10-7)4-9-12(3)6-13/h4-6H,1-3H3/b9-4+. The zero-order valence-electron chi connectivity index (χ0n) is 7.93. The highest BCUT2D eigenvalue weighted by Gasteiger charge is 1.98. The monoisotopic (exact) mass is 180 g/mol. The van der Waals surface area contributed by atoms with Crippen LogP contribution >= 0.6 is 0 Å². The van der Waals surface area contributed by atoms with Crippen LogP contribution in [0, 0.1) is 6.92 Å². The summed E-state index contributed by atoms with van der Waals surface area (Å²) in [5.74, 6) is 0. The predicted molar refractivity (Wildman–Crippen MR) is 49.4 cm³/mol. The molecule has 5 nitrogen and oxygen atoms in total. The number of carbonyl (C=O) groups is 1. The van der Waals surface area contributed by atoms with Crippen LogP contribution < -0.4 is 0 Å². The predicted octanol–water partition coefficient (Wildman–Crippen LogP) is 0.151. The second-order valence-electron chi connectivity index (χ2n) is 2.77. The van der Waals surface area contributed by atoms with Crippen molar-refractivity contribution in [1.82, 2.24) is 14.8 Å². The Balaban J connectivity index is 2.79. The van der Waals surface area contributed by atoms with Crippen LogP contribution in [0.5, 0.6) is 0 Å². The summed E-state index contributed by atoms with van der Waals surface area (Å²) in [5.41, 5.74) is 1.81. The summed E-state index contributed by atoms with van der Waals surface area (Å²) < 4.78 is 1.71. The van der Waals surface area contributed by atoms with Gasteiger partial charge in [-0.05, 0) is 6.92 Å². The van der Waals surface area contributed by atoms with Gasteiger partial charge in [0.05, 0.1) is 11.9 Å². The van der Waals surface area contributed by atoms with Gasteiger partial charge in [0.15, 0.2) is 0 Å². The minimum Gasteiger partial charge on any atom is -0.277 e. The molecule has 0 atom stereocenters. The maximum Gasteiger partial charge on any atom is 0.229 e. The first-order chi connectivity index (χ1) is 6.13. The average molecular weight is 180 g/mol. The lowest BCUT2D eigenvalue weighted by molar-refractivity contribution is -0.116. The second-order valence-corrected chi connectivity index (χ2v) is 2.77. The Morgan fingerprint density at radius 2 is 2.38 bits per heavy atom. The molecule has 1 aromatic rings. The molecule has 1 rings (SSSR count). The molecule has 0 unspecified atom stereocenters. The molecule has 0 radical (unpaired) electrons. The van der Waals surface area contributed by atoms with Crippen molar-refractivity contribution < 1.29 is 4.79 Å². The molecular weight excluding hydrogens is 168 g/mol.